The molecule has 0 saturated heterocycles. The largest absolute Gasteiger partial charge is 0.493 e. The zero-order valence-electron chi connectivity index (χ0n) is 14.6. The summed E-state index contributed by atoms with van der Waals surface area (Å²) in [6.45, 7) is 1.30. The number of rotatable bonds is 7. The van der Waals surface area contributed by atoms with Crippen LogP contribution in [0.2, 0.25) is 0 Å². The predicted molar refractivity (Wildman–Crippen MR) is 107 cm³/mol. The number of nitrogens with one attached hydrogen (secondary N) is 2. The molecule has 9 heteroatoms. The molecule has 1 atom stereocenters. The monoisotopic (exact) mass is 500 g/mol. The van der Waals surface area contributed by atoms with Crippen LogP contribution in [0.15, 0.2) is 51.4 Å². The van der Waals surface area contributed by atoms with Gasteiger partial charge in [-0.05, 0) is 53.2 Å². The Kier molecular flexibility index (Phi) is 7.93. The molecule has 0 aliphatic heterocycles. The van der Waals surface area contributed by atoms with Gasteiger partial charge < -0.3 is 14.2 Å². The number of hydrogen-bond acceptors (Lipinski definition) is 5. The van der Waals surface area contributed by atoms with Crippen molar-refractivity contribution in [3.8, 4) is 17.2 Å². The second-order valence-electron chi connectivity index (χ2n) is 5.31. The van der Waals surface area contributed by atoms with Crippen molar-refractivity contribution < 1.29 is 23.8 Å². The third-order valence-corrected chi connectivity index (χ3v) is 4.43. The van der Waals surface area contributed by atoms with Crippen molar-refractivity contribution in [2.45, 2.75) is 13.0 Å². The molecule has 7 nitrogen and oxygen atoms in total. The molecule has 0 radical (unpaired) electrons. The van der Waals surface area contributed by atoms with E-state index in [1.54, 1.807) is 49.4 Å². The van der Waals surface area contributed by atoms with Crippen LogP contribution < -0.4 is 25.1 Å². The van der Waals surface area contributed by atoms with E-state index in [2.05, 4.69) is 42.7 Å². The first kappa shape index (κ1) is 21.0. The fourth-order valence-corrected chi connectivity index (χ4v) is 3.13. The maximum atomic E-state index is 12.1. The van der Waals surface area contributed by atoms with E-state index >= 15 is 0 Å². The summed E-state index contributed by atoms with van der Waals surface area (Å²) in [7, 11) is 1.51. The average molecular weight is 502 g/mol. The Morgan fingerprint density at radius 1 is 1.04 bits per heavy atom. The van der Waals surface area contributed by atoms with E-state index in [9.17, 15) is 9.59 Å². The molecule has 0 fully saturated rings. The van der Waals surface area contributed by atoms with Gasteiger partial charge in [0.2, 0.25) is 0 Å². The standard InChI is InChI=1S/C18H18Br2N2O5/c1-11(27-16-6-4-3-5-15(16)25-2)18(24)22-21-17(23)10-26-14-8-7-12(19)9-13(14)20/h3-9,11H,10H2,1-2H3,(H,21,23)(H,22,24). The molecule has 2 aromatic carbocycles. The van der Waals surface area contributed by atoms with E-state index in [1.165, 1.54) is 7.11 Å². The molecule has 2 amide bonds. The van der Waals surface area contributed by atoms with Gasteiger partial charge in [-0.1, -0.05) is 28.1 Å². The van der Waals surface area contributed by atoms with Crippen molar-refractivity contribution in [2.24, 2.45) is 0 Å². The minimum absolute atomic E-state index is 0.262. The van der Waals surface area contributed by atoms with E-state index in [0.29, 0.717) is 21.7 Å². The van der Waals surface area contributed by atoms with Crippen molar-refractivity contribution in [1.82, 2.24) is 10.9 Å². The summed E-state index contributed by atoms with van der Waals surface area (Å²) in [5.74, 6) is 0.418. The smallest absolute Gasteiger partial charge is 0.279 e. The number of amides is 2. The molecule has 1 unspecified atom stereocenters. The minimum atomic E-state index is -0.844. The zero-order valence-corrected chi connectivity index (χ0v) is 17.8. The minimum Gasteiger partial charge on any atom is -0.493 e. The Bertz CT molecular complexity index is 816. The third kappa shape index (κ3) is 6.44. The Morgan fingerprint density at radius 2 is 1.74 bits per heavy atom. The SMILES string of the molecule is COc1ccccc1OC(C)C(=O)NNC(=O)COc1ccc(Br)cc1Br. The van der Waals surface area contributed by atoms with Gasteiger partial charge in [-0.3, -0.25) is 20.4 Å². The molecule has 0 heterocycles. The lowest BCUT2D eigenvalue weighted by Gasteiger charge is -2.17. The number of ether oxygens (including phenoxy) is 3. The zero-order chi connectivity index (χ0) is 19.8. The van der Waals surface area contributed by atoms with E-state index in [1.807, 2.05) is 0 Å². The molecule has 0 saturated carbocycles. The van der Waals surface area contributed by atoms with Crippen LogP contribution in [0.5, 0.6) is 17.2 Å². The van der Waals surface area contributed by atoms with Gasteiger partial charge >= 0.3 is 0 Å². The van der Waals surface area contributed by atoms with Crippen molar-refractivity contribution >= 4 is 43.7 Å². The van der Waals surface area contributed by atoms with Gasteiger partial charge in [0.25, 0.3) is 11.8 Å². The summed E-state index contributed by atoms with van der Waals surface area (Å²) in [5, 5.41) is 0. The van der Waals surface area contributed by atoms with Crippen LogP contribution in [0.3, 0.4) is 0 Å². The van der Waals surface area contributed by atoms with Gasteiger partial charge in [0.15, 0.2) is 24.2 Å². The molecule has 2 rings (SSSR count). The Labute approximate surface area is 173 Å². The normalized spacial score (nSPS) is 11.3. The number of hydrogen-bond donors (Lipinski definition) is 2. The Balaban J connectivity index is 1.79. The van der Waals surface area contributed by atoms with Gasteiger partial charge in [0.1, 0.15) is 5.75 Å². The summed E-state index contributed by atoms with van der Waals surface area (Å²) < 4.78 is 17.7. The predicted octanol–water partition coefficient (Wildman–Crippen LogP) is 3.21. The maximum absolute atomic E-state index is 12.1. The van der Waals surface area contributed by atoms with Crippen LogP contribution in [0, 0.1) is 0 Å². The highest BCUT2D eigenvalue weighted by Crippen LogP contribution is 2.28. The first-order valence-corrected chi connectivity index (χ1v) is 9.45. The summed E-state index contributed by atoms with van der Waals surface area (Å²) in [4.78, 5) is 23.9. The second-order valence-corrected chi connectivity index (χ2v) is 7.08. The molecule has 2 aromatic rings. The van der Waals surface area contributed by atoms with Gasteiger partial charge in [-0.2, -0.15) is 0 Å². The molecule has 0 spiro atoms. The number of carbonyl (C=O) groups is 2. The topological polar surface area (TPSA) is 85.9 Å². The summed E-state index contributed by atoms with van der Waals surface area (Å²) in [6, 6.07) is 12.3. The van der Waals surface area contributed by atoms with Crippen LogP contribution in [0.4, 0.5) is 0 Å². The fraction of sp³-hybridized carbons (Fsp3) is 0.222. The number of carbonyl (C=O) groups excluding carboxylic acids is 2. The molecular formula is C18H18Br2N2O5. The van der Waals surface area contributed by atoms with Gasteiger partial charge in [-0.25, -0.2) is 0 Å². The highest BCUT2D eigenvalue weighted by molar-refractivity contribution is 9.11. The molecule has 0 bridgehead atoms. The van der Waals surface area contributed by atoms with E-state index in [4.69, 9.17) is 14.2 Å². The lowest BCUT2D eigenvalue weighted by Crippen LogP contribution is -2.48. The van der Waals surface area contributed by atoms with Crippen molar-refractivity contribution in [2.75, 3.05) is 13.7 Å². The lowest BCUT2D eigenvalue weighted by atomic mass is 10.3. The molecule has 144 valence electrons. The molecule has 0 aromatic heterocycles. The number of para-hydroxylation sites is 2. The fourth-order valence-electron chi connectivity index (χ4n) is 1.96. The van der Waals surface area contributed by atoms with Crippen LogP contribution >= 0.6 is 31.9 Å². The first-order chi connectivity index (χ1) is 12.9. The number of methoxy groups -OCH3 is 1. The van der Waals surface area contributed by atoms with Crippen LogP contribution in [-0.4, -0.2) is 31.6 Å². The number of benzene rings is 2. The first-order valence-electron chi connectivity index (χ1n) is 7.87. The second kappa shape index (κ2) is 10.2. The summed E-state index contributed by atoms with van der Waals surface area (Å²) >= 11 is 6.67. The van der Waals surface area contributed by atoms with E-state index in [-0.39, 0.29) is 6.61 Å². The summed E-state index contributed by atoms with van der Waals surface area (Å²) in [5.41, 5.74) is 4.58. The van der Waals surface area contributed by atoms with Gasteiger partial charge in [0, 0.05) is 4.47 Å². The highest BCUT2D eigenvalue weighted by atomic mass is 79.9. The van der Waals surface area contributed by atoms with Crippen LogP contribution in [-0.2, 0) is 9.59 Å². The van der Waals surface area contributed by atoms with Crippen molar-refractivity contribution in [1.29, 1.82) is 0 Å². The van der Waals surface area contributed by atoms with Crippen molar-refractivity contribution in [3.63, 3.8) is 0 Å². The quantitative estimate of drug-likeness (QED) is 0.569. The van der Waals surface area contributed by atoms with E-state index < -0.39 is 17.9 Å². The lowest BCUT2D eigenvalue weighted by molar-refractivity contribution is -0.133. The maximum Gasteiger partial charge on any atom is 0.279 e. The highest BCUT2D eigenvalue weighted by Gasteiger charge is 2.17. The third-order valence-electron chi connectivity index (χ3n) is 3.32. The number of hydrazine groups is 1. The Morgan fingerprint density at radius 3 is 2.41 bits per heavy atom. The Hall–Kier alpha value is -2.26. The van der Waals surface area contributed by atoms with Gasteiger partial charge in [-0.15, -0.1) is 0 Å². The molecular weight excluding hydrogens is 484 g/mol. The average Bonchev–Trinajstić information content (AvgIpc) is 2.65. The van der Waals surface area contributed by atoms with E-state index in [0.717, 1.165) is 4.47 Å². The van der Waals surface area contributed by atoms with Crippen LogP contribution in [0.1, 0.15) is 6.92 Å². The molecule has 0 aliphatic rings. The molecule has 0 aliphatic carbocycles. The van der Waals surface area contributed by atoms with Crippen molar-refractivity contribution in [3.05, 3.63) is 51.4 Å². The summed E-state index contributed by atoms with van der Waals surface area (Å²) in [6.07, 6.45) is -0.844. The van der Waals surface area contributed by atoms with Crippen LogP contribution in [0.25, 0.3) is 0 Å². The molecule has 2 N–H and O–H groups in total. The van der Waals surface area contributed by atoms with Gasteiger partial charge in [0.05, 0.1) is 11.6 Å². The molecule has 27 heavy (non-hydrogen) atoms. The number of halogens is 2.